The van der Waals surface area contributed by atoms with Gasteiger partial charge in [-0.3, -0.25) is 4.98 Å². The van der Waals surface area contributed by atoms with E-state index in [-0.39, 0.29) is 30.0 Å². The van der Waals surface area contributed by atoms with Crippen LogP contribution < -0.4 is 10.6 Å². The molecule has 3 heterocycles. The maximum absolute atomic E-state index is 14.1. The Balaban J connectivity index is 1.48. The smallest absolute Gasteiger partial charge is 0.225 e. The van der Waals surface area contributed by atoms with Crippen molar-refractivity contribution in [2.75, 3.05) is 17.2 Å². The monoisotopic (exact) mass is 552 g/mol. The Labute approximate surface area is 231 Å². The average Bonchev–Trinajstić information content (AvgIpc) is 3.64. The van der Waals surface area contributed by atoms with Crippen LogP contribution in [0.15, 0.2) is 48.7 Å². The number of aromatic nitrogens is 4. The van der Waals surface area contributed by atoms with E-state index in [4.69, 9.17) is 9.97 Å². The molecule has 0 spiro atoms. The quantitative estimate of drug-likeness (QED) is 0.247. The summed E-state index contributed by atoms with van der Waals surface area (Å²) in [6.07, 6.45) is 9.34. The second kappa shape index (κ2) is 11.1. The van der Waals surface area contributed by atoms with Crippen LogP contribution in [0.2, 0.25) is 0 Å². The predicted molar refractivity (Wildman–Crippen MR) is 153 cm³/mol. The zero-order chi connectivity index (χ0) is 27.7. The molecule has 2 unspecified atom stereocenters. The molecule has 7 nitrogen and oxygen atoms in total. The topological polar surface area (TPSA) is 95.9 Å². The van der Waals surface area contributed by atoms with Crippen molar-refractivity contribution < 1.29 is 13.9 Å². The molecule has 2 aliphatic carbocycles. The Morgan fingerprint density at radius 1 is 1.18 bits per heavy atom. The highest BCUT2D eigenvalue weighted by Crippen LogP contribution is 2.45. The molecule has 3 aromatic rings. The van der Waals surface area contributed by atoms with Gasteiger partial charge in [-0.25, -0.2) is 18.7 Å². The van der Waals surface area contributed by atoms with Crippen LogP contribution in [0.5, 0.6) is 0 Å². The molecule has 39 heavy (non-hydrogen) atoms. The fraction of sp³-hybridized carbons (Fsp3) is 0.448. The van der Waals surface area contributed by atoms with Gasteiger partial charge in [0.25, 0.3) is 0 Å². The van der Waals surface area contributed by atoms with Crippen LogP contribution in [-0.4, -0.2) is 43.2 Å². The number of pyridine rings is 1. The van der Waals surface area contributed by atoms with Gasteiger partial charge in [-0.05, 0) is 64.0 Å². The Morgan fingerprint density at radius 3 is 2.64 bits per heavy atom. The number of nitrogens with one attached hydrogen (secondary N) is 2. The first-order chi connectivity index (χ1) is 18.7. The van der Waals surface area contributed by atoms with Crippen LogP contribution in [0.1, 0.15) is 56.3 Å². The van der Waals surface area contributed by atoms with Gasteiger partial charge in [0.15, 0.2) is 0 Å². The number of fused-ring (bicyclic) bond motifs is 1. The van der Waals surface area contributed by atoms with Gasteiger partial charge in [0.1, 0.15) is 28.0 Å². The fourth-order valence-electron chi connectivity index (χ4n) is 5.89. The molecule has 0 bridgehead atoms. The van der Waals surface area contributed by atoms with Crippen molar-refractivity contribution in [3.63, 3.8) is 0 Å². The van der Waals surface area contributed by atoms with Crippen molar-refractivity contribution in [3.05, 3.63) is 60.1 Å². The SMILES string of the molecule is C=C/C(F)=C(/CNc1nc(C)c(-c2nc3c(C)nccc3s2)c(NC2CCC(C3(O)CCCC3)C2)n1)C(=C)F. The Bertz CT molecular complexity index is 1450. The summed E-state index contributed by atoms with van der Waals surface area (Å²) in [5.41, 5.74) is 2.34. The molecule has 0 saturated heterocycles. The zero-order valence-electron chi connectivity index (χ0n) is 22.4. The fourth-order valence-corrected chi connectivity index (χ4v) is 7.00. The molecule has 2 atom stereocenters. The minimum absolute atomic E-state index is 0.123. The summed E-state index contributed by atoms with van der Waals surface area (Å²) in [6.45, 7) is 10.2. The lowest BCUT2D eigenvalue weighted by Crippen LogP contribution is -2.34. The van der Waals surface area contributed by atoms with E-state index in [0.29, 0.717) is 11.5 Å². The molecule has 3 N–H and O–H groups in total. The summed E-state index contributed by atoms with van der Waals surface area (Å²) in [7, 11) is 0. The number of nitrogens with zero attached hydrogens (tertiary/aromatic N) is 4. The summed E-state index contributed by atoms with van der Waals surface area (Å²) < 4.78 is 29.0. The summed E-state index contributed by atoms with van der Waals surface area (Å²) in [5, 5.41) is 18.5. The Kier molecular flexibility index (Phi) is 7.77. The molecular formula is C29H34F2N6OS. The first kappa shape index (κ1) is 27.3. The number of thiazole rings is 1. The highest BCUT2D eigenvalue weighted by Gasteiger charge is 2.43. The van der Waals surface area contributed by atoms with Crippen LogP contribution in [0.3, 0.4) is 0 Å². The van der Waals surface area contributed by atoms with Gasteiger partial charge in [0, 0.05) is 24.4 Å². The largest absolute Gasteiger partial charge is 0.390 e. The number of allylic oxidation sites excluding steroid dienone is 2. The van der Waals surface area contributed by atoms with E-state index in [2.05, 4.69) is 33.8 Å². The molecule has 3 aromatic heterocycles. The number of rotatable bonds is 9. The molecule has 0 radical (unpaired) electrons. The van der Waals surface area contributed by atoms with Gasteiger partial charge >= 0.3 is 0 Å². The van der Waals surface area contributed by atoms with E-state index in [9.17, 15) is 13.9 Å². The normalized spacial score (nSPS) is 21.2. The highest BCUT2D eigenvalue weighted by molar-refractivity contribution is 7.21. The van der Waals surface area contributed by atoms with Crippen molar-refractivity contribution in [2.24, 2.45) is 5.92 Å². The highest BCUT2D eigenvalue weighted by atomic mass is 32.1. The van der Waals surface area contributed by atoms with E-state index in [1.165, 1.54) is 0 Å². The number of aryl methyl sites for hydroxylation is 2. The van der Waals surface area contributed by atoms with E-state index in [1.54, 1.807) is 17.5 Å². The third-order valence-electron chi connectivity index (χ3n) is 8.01. The maximum atomic E-state index is 14.1. The number of hydrogen-bond donors (Lipinski definition) is 3. The van der Waals surface area contributed by atoms with Crippen LogP contribution in [0, 0.1) is 19.8 Å². The van der Waals surface area contributed by atoms with Crippen molar-refractivity contribution in [3.8, 4) is 10.6 Å². The summed E-state index contributed by atoms with van der Waals surface area (Å²) in [4.78, 5) is 18.6. The molecule has 5 rings (SSSR count). The summed E-state index contributed by atoms with van der Waals surface area (Å²) in [5.74, 6) is -0.582. The maximum Gasteiger partial charge on any atom is 0.225 e. The van der Waals surface area contributed by atoms with Gasteiger partial charge < -0.3 is 15.7 Å². The van der Waals surface area contributed by atoms with Crippen LogP contribution in [0.25, 0.3) is 20.8 Å². The lowest BCUT2D eigenvalue weighted by molar-refractivity contribution is -0.00994. The van der Waals surface area contributed by atoms with E-state index in [0.717, 1.165) is 77.5 Å². The van der Waals surface area contributed by atoms with Gasteiger partial charge in [-0.1, -0.05) is 26.0 Å². The van der Waals surface area contributed by atoms with Crippen LogP contribution in [0.4, 0.5) is 20.5 Å². The van der Waals surface area contributed by atoms with E-state index >= 15 is 0 Å². The molecule has 206 valence electrons. The number of anilines is 2. The van der Waals surface area contributed by atoms with Gasteiger partial charge in [0.2, 0.25) is 5.95 Å². The molecule has 2 saturated carbocycles. The van der Waals surface area contributed by atoms with Gasteiger partial charge in [-0.2, -0.15) is 4.98 Å². The number of hydrogen-bond acceptors (Lipinski definition) is 8. The summed E-state index contributed by atoms with van der Waals surface area (Å²) >= 11 is 1.55. The van der Waals surface area contributed by atoms with Crippen molar-refractivity contribution >= 4 is 33.3 Å². The first-order valence-corrected chi connectivity index (χ1v) is 14.2. The van der Waals surface area contributed by atoms with E-state index < -0.39 is 17.3 Å². The van der Waals surface area contributed by atoms with Crippen LogP contribution in [-0.2, 0) is 0 Å². The van der Waals surface area contributed by atoms with Crippen molar-refractivity contribution in [1.29, 1.82) is 0 Å². The van der Waals surface area contributed by atoms with Gasteiger partial charge in [0.05, 0.1) is 27.3 Å². The lowest BCUT2D eigenvalue weighted by Gasteiger charge is -2.29. The molecule has 0 aliphatic heterocycles. The minimum atomic E-state index is -0.883. The first-order valence-electron chi connectivity index (χ1n) is 13.4. The Hall–Kier alpha value is -3.24. The zero-order valence-corrected chi connectivity index (χ0v) is 23.2. The molecule has 0 amide bonds. The van der Waals surface area contributed by atoms with Crippen LogP contribution >= 0.6 is 11.3 Å². The molecule has 2 aliphatic rings. The number of aliphatic hydroxyl groups is 1. The van der Waals surface area contributed by atoms with Crippen molar-refractivity contribution in [1.82, 2.24) is 19.9 Å². The third kappa shape index (κ3) is 5.58. The second-order valence-corrected chi connectivity index (χ2v) is 11.6. The standard InChI is InChI=1S/C29H34F2N6OS/c1-5-22(31)21(16(2)30)15-33-28-34-17(3)24(27-36-25-18(4)32-13-10-23(25)39-27)26(37-28)35-20-9-8-19(14-20)29(38)11-6-7-12-29/h5,10,13,19-20,38H,1-2,6-9,11-12,14-15H2,3-4H3,(H2,33,34,35,37)/b22-21+. The molecular weight excluding hydrogens is 518 g/mol. The second-order valence-electron chi connectivity index (χ2n) is 10.6. The molecule has 2 fully saturated rings. The van der Waals surface area contributed by atoms with Gasteiger partial charge in [-0.15, -0.1) is 11.3 Å². The lowest BCUT2D eigenvalue weighted by atomic mass is 9.84. The summed E-state index contributed by atoms with van der Waals surface area (Å²) in [6, 6.07) is 2.07. The third-order valence-corrected chi connectivity index (χ3v) is 9.05. The Morgan fingerprint density at radius 2 is 1.95 bits per heavy atom. The number of halogens is 2. The minimum Gasteiger partial charge on any atom is -0.390 e. The molecule has 10 heteroatoms. The van der Waals surface area contributed by atoms with E-state index in [1.807, 2.05) is 19.9 Å². The predicted octanol–water partition coefficient (Wildman–Crippen LogP) is 6.96. The average molecular weight is 553 g/mol. The van der Waals surface area contributed by atoms with Crippen molar-refractivity contribution in [2.45, 2.75) is 70.4 Å². The molecule has 0 aromatic carbocycles.